The van der Waals surface area contributed by atoms with Crippen molar-refractivity contribution in [3.05, 3.63) is 36.5 Å². The van der Waals surface area contributed by atoms with E-state index in [2.05, 4.69) is 6.58 Å². The summed E-state index contributed by atoms with van der Waals surface area (Å²) in [7, 11) is 0. The van der Waals surface area contributed by atoms with E-state index in [0.717, 1.165) is 0 Å². The Kier molecular flexibility index (Phi) is 13.5. The average molecular weight is 166 g/mol. The summed E-state index contributed by atoms with van der Waals surface area (Å²) in [6, 6.07) is 0. The topological polar surface area (TPSA) is 34.1 Å². The van der Waals surface area contributed by atoms with Crippen LogP contribution in [0.5, 0.6) is 0 Å². The van der Waals surface area contributed by atoms with Gasteiger partial charge in [-0.15, -0.1) is 0 Å². The van der Waals surface area contributed by atoms with Gasteiger partial charge in [-0.3, -0.25) is 9.59 Å². The van der Waals surface area contributed by atoms with E-state index in [0.29, 0.717) is 18.1 Å². The molecule has 0 saturated carbocycles. The number of allylic oxidation sites excluding steroid dienone is 5. The van der Waals surface area contributed by atoms with Crippen LogP contribution in [-0.4, -0.2) is 12.6 Å². The van der Waals surface area contributed by atoms with Gasteiger partial charge in [0.2, 0.25) is 0 Å². The van der Waals surface area contributed by atoms with E-state index < -0.39 is 0 Å². The molecule has 0 aliphatic rings. The molecule has 0 radical (unpaired) electrons. The van der Waals surface area contributed by atoms with Crippen molar-refractivity contribution >= 4 is 12.6 Å². The molecule has 0 heterocycles. The van der Waals surface area contributed by atoms with Gasteiger partial charge in [0.15, 0.2) is 0 Å². The summed E-state index contributed by atoms with van der Waals surface area (Å²) < 4.78 is 0. The van der Waals surface area contributed by atoms with Crippen molar-refractivity contribution < 1.29 is 9.59 Å². The molecular weight excluding hydrogens is 152 g/mol. The largest absolute Gasteiger partial charge is 0.299 e. The SMILES string of the molecule is C=C/C(C=O)=C\C=C\C=O.CC. The molecule has 0 aromatic carbocycles. The maximum atomic E-state index is 10.1. The summed E-state index contributed by atoms with van der Waals surface area (Å²) >= 11 is 0. The lowest BCUT2D eigenvalue weighted by Gasteiger charge is -1.80. The number of rotatable bonds is 4. The molecule has 0 bridgehead atoms. The Bertz CT molecular complexity index is 178. The van der Waals surface area contributed by atoms with Crippen LogP contribution in [0.3, 0.4) is 0 Å². The number of aldehydes is 2. The molecule has 0 saturated heterocycles. The van der Waals surface area contributed by atoms with Crippen molar-refractivity contribution in [2.45, 2.75) is 13.8 Å². The van der Waals surface area contributed by atoms with Gasteiger partial charge < -0.3 is 0 Å². The van der Waals surface area contributed by atoms with Crippen LogP contribution in [0.15, 0.2) is 36.5 Å². The molecule has 2 nitrogen and oxygen atoms in total. The van der Waals surface area contributed by atoms with Crippen LogP contribution in [-0.2, 0) is 9.59 Å². The minimum atomic E-state index is 0.457. The zero-order valence-corrected chi connectivity index (χ0v) is 7.49. The third-order valence-electron chi connectivity index (χ3n) is 0.850. The van der Waals surface area contributed by atoms with Crippen molar-refractivity contribution in [1.29, 1.82) is 0 Å². The smallest absolute Gasteiger partial charge is 0.150 e. The molecule has 12 heavy (non-hydrogen) atoms. The lowest BCUT2D eigenvalue weighted by molar-refractivity contribution is -0.105. The van der Waals surface area contributed by atoms with E-state index in [1.807, 2.05) is 13.8 Å². The Labute approximate surface area is 73.3 Å². The zero-order valence-electron chi connectivity index (χ0n) is 7.49. The predicted octanol–water partition coefficient (Wildman–Crippen LogP) is 2.08. The Morgan fingerprint density at radius 1 is 1.17 bits per heavy atom. The first-order valence-corrected chi connectivity index (χ1v) is 3.75. The summed E-state index contributed by atoms with van der Waals surface area (Å²) in [6.45, 7) is 7.39. The van der Waals surface area contributed by atoms with Gasteiger partial charge in [0, 0.05) is 5.57 Å². The number of carbonyl (C=O) groups excluding carboxylic acids is 2. The Morgan fingerprint density at radius 3 is 2.08 bits per heavy atom. The van der Waals surface area contributed by atoms with Gasteiger partial charge in [0.05, 0.1) is 0 Å². The Morgan fingerprint density at radius 2 is 1.75 bits per heavy atom. The fourth-order valence-corrected chi connectivity index (χ4v) is 0.367. The van der Waals surface area contributed by atoms with Crippen molar-refractivity contribution in [2.75, 3.05) is 0 Å². The molecule has 0 aliphatic carbocycles. The van der Waals surface area contributed by atoms with Gasteiger partial charge in [-0.1, -0.05) is 38.7 Å². The van der Waals surface area contributed by atoms with Gasteiger partial charge in [-0.05, 0) is 6.08 Å². The molecule has 0 aliphatic heterocycles. The van der Waals surface area contributed by atoms with Gasteiger partial charge in [0.1, 0.15) is 12.6 Å². The third-order valence-corrected chi connectivity index (χ3v) is 0.850. The van der Waals surface area contributed by atoms with E-state index in [9.17, 15) is 9.59 Å². The van der Waals surface area contributed by atoms with Crippen molar-refractivity contribution in [1.82, 2.24) is 0 Å². The lowest BCUT2D eigenvalue weighted by atomic mass is 10.2. The first kappa shape index (κ1) is 13.2. The quantitative estimate of drug-likeness (QED) is 0.364. The van der Waals surface area contributed by atoms with Crippen LogP contribution in [0, 0.1) is 0 Å². The van der Waals surface area contributed by atoms with Crippen molar-refractivity contribution in [3.63, 3.8) is 0 Å². The zero-order chi connectivity index (χ0) is 9.82. The Balaban J connectivity index is 0. The van der Waals surface area contributed by atoms with Crippen LogP contribution < -0.4 is 0 Å². The average Bonchev–Trinajstić information content (AvgIpc) is 2.16. The first-order valence-electron chi connectivity index (χ1n) is 3.75. The summed E-state index contributed by atoms with van der Waals surface area (Å²) in [5.41, 5.74) is 0.457. The van der Waals surface area contributed by atoms with Crippen LogP contribution >= 0.6 is 0 Å². The third kappa shape index (κ3) is 8.56. The highest BCUT2D eigenvalue weighted by Gasteiger charge is 1.80. The maximum Gasteiger partial charge on any atom is 0.150 e. The van der Waals surface area contributed by atoms with Gasteiger partial charge >= 0.3 is 0 Å². The second-order valence-corrected chi connectivity index (χ2v) is 1.51. The lowest BCUT2D eigenvalue weighted by Crippen LogP contribution is -1.74. The Hall–Kier alpha value is -1.44. The molecular formula is C10H14O2. The van der Waals surface area contributed by atoms with Gasteiger partial charge in [0.25, 0.3) is 0 Å². The molecule has 0 unspecified atom stereocenters. The van der Waals surface area contributed by atoms with Gasteiger partial charge in [-0.25, -0.2) is 0 Å². The summed E-state index contributed by atoms with van der Waals surface area (Å²) in [4.78, 5) is 19.8. The minimum Gasteiger partial charge on any atom is -0.299 e. The van der Waals surface area contributed by atoms with E-state index in [4.69, 9.17) is 0 Å². The molecule has 0 aromatic heterocycles. The molecule has 66 valence electrons. The summed E-state index contributed by atoms with van der Waals surface area (Å²) in [5.74, 6) is 0. The van der Waals surface area contributed by atoms with Crippen LogP contribution in [0.4, 0.5) is 0 Å². The number of hydrogen-bond donors (Lipinski definition) is 0. The van der Waals surface area contributed by atoms with Crippen LogP contribution in [0.1, 0.15) is 13.8 Å². The summed E-state index contributed by atoms with van der Waals surface area (Å²) in [5, 5.41) is 0. The normalized spacial score (nSPS) is 10.0. The molecule has 0 rings (SSSR count). The summed E-state index contributed by atoms with van der Waals surface area (Å²) in [6.07, 6.45) is 7.02. The molecule has 2 heteroatoms. The molecule has 0 N–H and O–H groups in total. The highest BCUT2D eigenvalue weighted by Crippen LogP contribution is 1.89. The molecule has 0 aromatic rings. The number of carbonyl (C=O) groups is 2. The second-order valence-electron chi connectivity index (χ2n) is 1.51. The first-order chi connectivity index (χ1) is 5.85. The second kappa shape index (κ2) is 12.3. The predicted molar refractivity (Wildman–Crippen MR) is 50.9 cm³/mol. The van der Waals surface area contributed by atoms with Crippen LogP contribution in [0.2, 0.25) is 0 Å². The van der Waals surface area contributed by atoms with E-state index in [-0.39, 0.29) is 0 Å². The monoisotopic (exact) mass is 166 g/mol. The van der Waals surface area contributed by atoms with E-state index in [1.165, 1.54) is 24.3 Å². The van der Waals surface area contributed by atoms with Crippen LogP contribution in [0.25, 0.3) is 0 Å². The standard InChI is InChI=1S/C8H8O2.C2H6/c1-2-8(7-10)5-3-4-6-9;1-2/h2-7H,1H2;1-2H3/b4-3+,8-5+;. The highest BCUT2D eigenvalue weighted by atomic mass is 16.1. The van der Waals surface area contributed by atoms with E-state index >= 15 is 0 Å². The molecule has 0 amide bonds. The fourth-order valence-electron chi connectivity index (χ4n) is 0.367. The molecule has 0 atom stereocenters. The number of hydrogen-bond acceptors (Lipinski definition) is 2. The molecule has 0 spiro atoms. The maximum absolute atomic E-state index is 10.1. The fraction of sp³-hybridized carbons (Fsp3) is 0.200. The van der Waals surface area contributed by atoms with Gasteiger partial charge in [-0.2, -0.15) is 0 Å². The van der Waals surface area contributed by atoms with Crippen molar-refractivity contribution in [3.8, 4) is 0 Å². The van der Waals surface area contributed by atoms with Crippen molar-refractivity contribution in [2.24, 2.45) is 0 Å². The molecule has 0 fully saturated rings. The van der Waals surface area contributed by atoms with E-state index in [1.54, 1.807) is 0 Å². The minimum absolute atomic E-state index is 0.457. The highest BCUT2D eigenvalue weighted by molar-refractivity contribution is 5.78.